The Balaban J connectivity index is 2.32. The third-order valence-corrected chi connectivity index (χ3v) is 3.59. The van der Waals surface area contributed by atoms with E-state index in [0.717, 1.165) is 5.56 Å². The summed E-state index contributed by atoms with van der Waals surface area (Å²) < 4.78 is 26.8. The molecule has 0 aliphatic carbocycles. The van der Waals surface area contributed by atoms with E-state index in [1.165, 1.54) is 12.1 Å². The first-order valence-corrected chi connectivity index (χ1v) is 8.16. The quantitative estimate of drug-likeness (QED) is 0.635. The molecular weight excluding hydrogens is 310 g/mol. The Hall–Kier alpha value is -2.13. The molecule has 0 saturated heterocycles. The van der Waals surface area contributed by atoms with Gasteiger partial charge in [-0.2, -0.15) is 0 Å². The number of nitrogens with one attached hydrogen (secondary N) is 2. The van der Waals surface area contributed by atoms with Gasteiger partial charge in [-0.25, -0.2) is 18.4 Å². The second-order valence-corrected chi connectivity index (χ2v) is 5.92. The lowest BCUT2D eigenvalue weighted by Gasteiger charge is -2.07. The van der Waals surface area contributed by atoms with Crippen molar-refractivity contribution < 1.29 is 22.7 Å². The predicted molar refractivity (Wildman–Crippen MR) is 79.6 cm³/mol. The molecule has 0 bridgehead atoms. The standard InChI is InChI=1S/C13H19N3O5S/c1-2-21-13(18)16-9-12(17)15-8-7-10-3-5-11(6-4-10)22(14,19)20/h3-6H,2,7-9H2,1H3,(H,15,17)(H,16,18)(H2,14,19,20). The fraction of sp³-hybridized carbons (Fsp3) is 0.385. The van der Waals surface area contributed by atoms with E-state index in [9.17, 15) is 18.0 Å². The molecule has 0 atom stereocenters. The number of primary sulfonamides is 1. The number of sulfonamides is 1. The fourth-order valence-corrected chi connectivity index (χ4v) is 2.10. The van der Waals surface area contributed by atoms with Crippen LogP contribution in [-0.2, 0) is 26.0 Å². The largest absolute Gasteiger partial charge is 0.450 e. The molecule has 0 radical (unpaired) electrons. The van der Waals surface area contributed by atoms with Crippen LogP contribution in [0.3, 0.4) is 0 Å². The summed E-state index contributed by atoms with van der Waals surface area (Å²) in [7, 11) is -3.70. The van der Waals surface area contributed by atoms with Crippen molar-refractivity contribution in [2.45, 2.75) is 18.2 Å². The third kappa shape index (κ3) is 6.55. The zero-order valence-electron chi connectivity index (χ0n) is 12.2. The van der Waals surface area contributed by atoms with Crippen molar-refractivity contribution in [3.05, 3.63) is 29.8 Å². The maximum atomic E-state index is 11.5. The predicted octanol–water partition coefficient (Wildman–Crippen LogP) is -0.261. The maximum absolute atomic E-state index is 11.5. The molecule has 0 aliphatic rings. The van der Waals surface area contributed by atoms with E-state index in [0.29, 0.717) is 13.0 Å². The van der Waals surface area contributed by atoms with E-state index in [2.05, 4.69) is 15.4 Å². The van der Waals surface area contributed by atoms with E-state index in [1.54, 1.807) is 19.1 Å². The van der Waals surface area contributed by atoms with Crippen LogP contribution in [0.5, 0.6) is 0 Å². The van der Waals surface area contributed by atoms with Crippen LogP contribution in [0, 0.1) is 0 Å². The molecule has 122 valence electrons. The van der Waals surface area contributed by atoms with Crippen LogP contribution in [0.15, 0.2) is 29.2 Å². The lowest BCUT2D eigenvalue weighted by atomic mass is 10.1. The average molecular weight is 329 g/mol. The maximum Gasteiger partial charge on any atom is 0.407 e. The number of hydrogen-bond acceptors (Lipinski definition) is 5. The highest BCUT2D eigenvalue weighted by Gasteiger charge is 2.07. The average Bonchev–Trinajstić information content (AvgIpc) is 2.45. The molecule has 1 aromatic carbocycles. The van der Waals surface area contributed by atoms with E-state index < -0.39 is 16.1 Å². The van der Waals surface area contributed by atoms with Crippen LogP contribution >= 0.6 is 0 Å². The van der Waals surface area contributed by atoms with Gasteiger partial charge < -0.3 is 15.4 Å². The summed E-state index contributed by atoms with van der Waals surface area (Å²) in [6.07, 6.45) is -0.119. The molecular formula is C13H19N3O5S. The Morgan fingerprint density at radius 2 is 1.82 bits per heavy atom. The summed E-state index contributed by atoms with van der Waals surface area (Å²) in [6.45, 7) is 2.10. The van der Waals surface area contributed by atoms with Gasteiger partial charge in [0.15, 0.2) is 0 Å². The van der Waals surface area contributed by atoms with E-state index in [1.807, 2.05) is 0 Å². The van der Waals surface area contributed by atoms with Crippen molar-refractivity contribution in [1.29, 1.82) is 0 Å². The highest BCUT2D eigenvalue weighted by molar-refractivity contribution is 7.89. The molecule has 8 nitrogen and oxygen atoms in total. The number of ether oxygens (including phenoxy) is 1. The van der Waals surface area contributed by atoms with Crippen molar-refractivity contribution >= 4 is 22.0 Å². The Morgan fingerprint density at radius 3 is 2.36 bits per heavy atom. The van der Waals surface area contributed by atoms with Crippen molar-refractivity contribution in [3.8, 4) is 0 Å². The minimum Gasteiger partial charge on any atom is -0.450 e. The summed E-state index contributed by atoms with van der Waals surface area (Å²) in [5.74, 6) is -0.339. The first-order valence-electron chi connectivity index (χ1n) is 6.62. The van der Waals surface area contributed by atoms with Gasteiger partial charge in [0.2, 0.25) is 15.9 Å². The Bertz CT molecular complexity index is 613. The van der Waals surface area contributed by atoms with E-state index >= 15 is 0 Å². The zero-order chi connectivity index (χ0) is 16.6. The summed E-state index contributed by atoms with van der Waals surface area (Å²) in [5.41, 5.74) is 0.853. The van der Waals surface area contributed by atoms with E-state index in [-0.39, 0.29) is 24.0 Å². The van der Waals surface area contributed by atoms with Crippen LogP contribution in [0.25, 0.3) is 0 Å². The smallest absolute Gasteiger partial charge is 0.407 e. The second-order valence-electron chi connectivity index (χ2n) is 4.36. The van der Waals surface area contributed by atoms with Gasteiger partial charge in [-0.15, -0.1) is 0 Å². The van der Waals surface area contributed by atoms with Gasteiger partial charge >= 0.3 is 6.09 Å². The monoisotopic (exact) mass is 329 g/mol. The lowest BCUT2D eigenvalue weighted by Crippen LogP contribution is -2.37. The Kier molecular flexibility index (Phi) is 6.80. The minimum atomic E-state index is -3.70. The summed E-state index contributed by atoms with van der Waals surface area (Å²) in [5, 5.41) is 9.92. The Labute approximate surface area is 129 Å². The van der Waals surface area contributed by atoms with Gasteiger partial charge in [0.1, 0.15) is 0 Å². The first kappa shape index (κ1) is 17.9. The molecule has 0 saturated carbocycles. The van der Waals surface area contributed by atoms with Crippen LogP contribution in [0.4, 0.5) is 4.79 Å². The number of amides is 2. The molecule has 0 fully saturated rings. The van der Waals surface area contributed by atoms with Gasteiger partial charge in [-0.3, -0.25) is 4.79 Å². The fourth-order valence-electron chi connectivity index (χ4n) is 1.59. The van der Waals surface area contributed by atoms with Crippen LogP contribution in [-0.4, -0.2) is 40.1 Å². The van der Waals surface area contributed by atoms with Gasteiger partial charge in [-0.05, 0) is 31.0 Å². The number of carbonyl (C=O) groups excluding carboxylic acids is 2. The minimum absolute atomic E-state index is 0.0407. The molecule has 9 heteroatoms. The normalized spacial score (nSPS) is 10.8. The van der Waals surface area contributed by atoms with Gasteiger partial charge in [-0.1, -0.05) is 12.1 Å². The number of nitrogens with two attached hydrogens (primary N) is 1. The number of rotatable bonds is 7. The van der Waals surface area contributed by atoms with Crippen molar-refractivity contribution in [3.63, 3.8) is 0 Å². The molecule has 1 rings (SSSR count). The molecule has 0 heterocycles. The van der Waals surface area contributed by atoms with Gasteiger partial charge in [0.25, 0.3) is 0 Å². The van der Waals surface area contributed by atoms with Crippen LogP contribution in [0.2, 0.25) is 0 Å². The molecule has 0 unspecified atom stereocenters. The van der Waals surface area contributed by atoms with Crippen molar-refractivity contribution in [2.75, 3.05) is 19.7 Å². The van der Waals surface area contributed by atoms with Gasteiger partial charge in [0.05, 0.1) is 18.0 Å². The number of carbonyl (C=O) groups is 2. The highest BCUT2D eigenvalue weighted by Crippen LogP contribution is 2.08. The lowest BCUT2D eigenvalue weighted by molar-refractivity contribution is -0.120. The van der Waals surface area contributed by atoms with Crippen molar-refractivity contribution in [1.82, 2.24) is 10.6 Å². The second kappa shape index (κ2) is 8.35. The SMILES string of the molecule is CCOC(=O)NCC(=O)NCCc1ccc(S(N)(=O)=O)cc1. The third-order valence-electron chi connectivity index (χ3n) is 2.66. The molecule has 22 heavy (non-hydrogen) atoms. The summed E-state index contributed by atoms with van der Waals surface area (Å²) in [4.78, 5) is 22.5. The number of hydrogen-bond donors (Lipinski definition) is 3. The molecule has 0 spiro atoms. The van der Waals surface area contributed by atoms with Crippen molar-refractivity contribution in [2.24, 2.45) is 5.14 Å². The zero-order valence-corrected chi connectivity index (χ0v) is 13.0. The molecule has 2 amide bonds. The molecule has 0 aliphatic heterocycles. The molecule has 0 aromatic heterocycles. The topological polar surface area (TPSA) is 128 Å². The van der Waals surface area contributed by atoms with Gasteiger partial charge in [0, 0.05) is 6.54 Å². The highest BCUT2D eigenvalue weighted by atomic mass is 32.2. The van der Waals surface area contributed by atoms with E-state index in [4.69, 9.17) is 5.14 Å². The summed E-state index contributed by atoms with van der Waals surface area (Å²) >= 11 is 0. The van der Waals surface area contributed by atoms with Crippen LogP contribution in [0.1, 0.15) is 12.5 Å². The number of benzene rings is 1. The molecule has 4 N–H and O–H groups in total. The Morgan fingerprint density at radius 1 is 1.18 bits per heavy atom. The summed E-state index contributed by atoms with van der Waals surface area (Å²) in [6, 6.07) is 6.08. The number of alkyl carbamates (subject to hydrolysis) is 1. The first-order chi connectivity index (χ1) is 10.3. The van der Waals surface area contributed by atoms with Crippen LogP contribution < -0.4 is 15.8 Å². The molecule has 1 aromatic rings.